The minimum Gasteiger partial charge on any atom is -0.409 e. The highest BCUT2D eigenvalue weighted by atomic mass is 32.2. The van der Waals surface area contributed by atoms with E-state index in [1.54, 1.807) is 11.3 Å². The summed E-state index contributed by atoms with van der Waals surface area (Å²) in [4.78, 5) is 9.11. The number of nitrogens with two attached hydrogens (primary N) is 1. The van der Waals surface area contributed by atoms with Gasteiger partial charge in [0.05, 0.1) is 5.56 Å². The topological polar surface area (TPSA) is 84.4 Å². The highest BCUT2D eigenvalue weighted by Crippen LogP contribution is 2.34. The maximum Gasteiger partial charge on any atom is 0.172 e. The van der Waals surface area contributed by atoms with Crippen LogP contribution in [-0.4, -0.2) is 21.0 Å². The molecule has 0 saturated carbocycles. The number of hydrogen-bond acceptors (Lipinski definition) is 6. The van der Waals surface area contributed by atoms with Gasteiger partial charge in [-0.2, -0.15) is 0 Å². The number of pyridine rings is 1. The molecule has 2 aromatic rings. The molecule has 0 amide bonds. The summed E-state index contributed by atoms with van der Waals surface area (Å²) in [6.45, 7) is 1.96. The van der Waals surface area contributed by atoms with Gasteiger partial charge < -0.3 is 10.9 Å². The minimum atomic E-state index is 0.1000. The Balaban J connectivity index is 2.03. The molecule has 20 heavy (non-hydrogen) atoms. The van der Waals surface area contributed by atoms with E-state index >= 15 is 0 Å². The van der Waals surface area contributed by atoms with Crippen LogP contribution in [0.25, 0.3) is 0 Å². The lowest BCUT2D eigenvalue weighted by Crippen LogP contribution is -2.16. The zero-order valence-electron chi connectivity index (χ0n) is 11.0. The maximum absolute atomic E-state index is 8.94. The van der Waals surface area contributed by atoms with Crippen molar-refractivity contribution in [3.63, 3.8) is 0 Å². The Kier molecular flexibility index (Phi) is 3.62. The molecule has 0 saturated heterocycles. The molecule has 5 nitrogen and oxygen atoms in total. The fourth-order valence-electron chi connectivity index (χ4n) is 2.23. The summed E-state index contributed by atoms with van der Waals surface area (Å²) in [5.74, 6) is 0.1000. The normalized spacial score (nSPS) is 14.6. The zero-order chi connectivity index (χ0) is 14.1. The second-order valence-corrected chi connectivity index (χ2v) is 6.74. The van der Waals surface area contributed by atoms with E-state index in [0.717, 1.165) is 40.0 Å². The third-order valence-corrected chi connectivity index (χ3v) is 5.24. The first kappa shape index (κ1) is 13.4. The average molecular weight is 306 g/mol. The second kappa shape index (κ2) is 5.41. The van der Waals surface area contributed by atoms with E-state index in [2.05, 4.69) is 15.1 Å². The number of oxime groups is 1. The van der Waals surface area contributed by atoms with Crippen molar-refractivity contribution in [2.24, 2.45) is 10.9 Å². The number of rotatable bonds is 3. The Hall–Kier alpha value is -1.60. The molecule has 0 aliphatic heterocycles. The number of amidine groups is 1. The molecule has 104 valence electrons. The van der Waals surface area contributed by atoms with Crippen molar-refractivity contribution in [2.45, 2.75) is 35.6 Å². The number of nitrogens with zero attached hydrogens (tertiary/aromatic N) is 3. The van der Waals surface area contributed by atoms with Crippen LogP contribution in [0.15, 0.2) is 26.0 Å². The monoisotopic (exact) mass is 306 g/mol. The van der Waals surface area contributed by atoms with Crippen LogP contribution >= 0.6 is 23.1 Å². The number of fused-ring (bicyclic) bond motifs is 1. The van der Waals surface area contributed by atoms with E-state index in [1.807, 2.05) is 18.4 Å². The lowest BCUT2D eigenvalue weighted by molar-refractivity contribution is 0.318. The third kappa shape index (κ3) is 2.51. The lowest BCUT2D eigenvalue weighted by atomic mass is 10.1. The Bertz CT molecular complexity index is 681. The molecule has 7 heteroatoms. The van der Waals surface area contributed by atoms with Crippen LogP contribution in [0.3, 0.4) is 0 Å². The van der Waals surface area contributed by atoms with Crippen LogP contribution in [-0.2, 0) is 12.8 Å². The van der Waals surface area contributed by atoms with E-state index in [0.29, 0.717) is 5.56 Å². The van der Waals surface area contributed by atoms with Crippen LogP contribution in [0.5, 0.6) is 0 Å². The van der Waals surface area contributed by atoms with E-state index < -0.39 is 0 Å². The molecule has 0 radical (unpaired) electrons. The van der Waals surface area contributed by atoms with Gasteiger partial charge in [-0.15, -0.1) is 11.3 Å². The highest BCUT2D eigenvalue weighted by molar-refractivity contribution is 8.01. The van der Waals surface area contributed by atoms with Gasteiger partial charge in [0.2, 0.25) is 0 Å². The molecule has 0 atom stereocenters. The first-order valence-electron chi connectivity index (χ1n) is 6.28. The molecule has 0 unspecified atom stereocenters. The summed E-state index contributed by atoms with van der Waals surface area (Å²) in [7, 11) is 0. The van der Waals surface area contributed by atoms with Gasteiger partial charge in [0.1, 0.15) is 5.03 Å². The van der Waals surface area contributed by atoms with Crippen molar-refractivity contribution in [1.82, 2.24) is 9.97 Å². The molecule has 2 heterocycles. The number of thiazole rings is 1. The van der Waals surface area contributed by atoms with Gasteiger partial charge in [-0.3, -0.25) is 0 Å². The van der Waals surface area contributed by atoms with Gasteiger partial charge >= 0.3 is 0 Å². The van der Waals surface area contributed by atoms with Gasteiger partial charge in [-0.25, -0.2) is 9.97 Å². The number of aromatic nitrogens is 2. The summed E-state index contributed by atoms with van der Waals surface area (Å²) in [5, 5.41) is 14.8. The van der Waals surface area contributed by atoms with E-state index in [4.69, 9.17) is 10.9 Å². The van der Waals surface area contributed by atoms with E-state index in [1.165, 1.54) is 17.3 Å². The fourth-order valence-corrected chi connectivity index (χ4v) is 4.11. The molecule has 1 aliphatic carbocycles. The maximum atomic E-state index is 8.94. The van der Waals surface area contributed by atoms with Crippen molar-refractivity contribution in [3.05, 3.63) is 34.0 Å². The van der Waals surface area contributed by atoms with Gasteiger partial charge in [-0.1, -0.05) is 5.16 Å². The van der Waals surface area contributed by atoms with Crippen molar-refractivity contribution >= 4 is 28.9 Å². The Labute approximate surface area is 124 Å². The molecule has 0 spiro atoms. The standard InChI is InChI=1S/C13H14N4OS2/c1-7-6-19-13(15-7)20-12-9(11(14)17-18)5-8-3-2-4-10(8)16-12/h5-6,18H,2-4H2,1H3,(H2,14,17). The summed E-state index contributed by atoms with van der Waals surface area (Å²) in [6.07, 6.45) is 3.12. The number of aryl methyl sites for hydroxylation is 3. The van der Waals surface area contributed by atoms with Gasteiger partial charge in [-0.05, 0) is 49.6 Å². The Morgan fingerprint density at radius 3 is 3.00 bits per heavy atom. The van der Waals surface area contributed by atoms with Crippen LogP contribution in [0.2, 0.25) is 0 Å². The molecular weight excluding hydrogens is 292 g/mol. The molecule has 3 N–H and O–H groups in total. The van der Waals surface area contributed by atoms with E-state index in [9.17, 15) is 0 Å². The Morgan fingerprint density at radius 1 is 1.45 bits per heavy atom. The molecule has 3 rings (SSSR count). The van der Waals surface area contributed by atoms with Gasteiger partial charge in [0.15, 0.2) is 10.2 Å². The molecule has 0 bridgehead atoms. The molecule has 0 aromatic carbocycles. The zero-order valence-corrected chi connectivity index (χ0v) is 12.6. The van der Waals surface area contributed by atoms with Gasteiger partial charge in [0, 0.05) is 16.8 Å². The minimum absolute atomic E-state index is 0.1000. The Morgan fingerprint density at radius 2 is 2.30 bits per heavy atom. The van der Waals surface area contributed by atoms with E-state index in [-0.39, 0.29) is 5.84 Å². The quantitative estimate of drug-likeness (QED) is 0.394. The molecule has 2 aromatic heterocycles. The summed E-state index contributed by atoms with van der Waals surface area (Å²) in [5.41, 5.74) is 9.77. The van der Waals surface area contributed by atoms with Crippen LogP contribution in [0.1, 0.15) is 28.9 Å². The molecular formula is C13H14N4OS2. The van der Waals surface area contributed by atoms with Crippen LogP contribution in [0.4, 0.5) is 0 Å². The smallest absolute Gasteiger partial charge is 0.172 e. The third-order valence-electron chi connectivity index (χ3n) is 3.18. The highest BCUT2D eigenvalue weighted by Gasteiger charge is 2.19. The molecule has 1 aliphatic rings. The summed E-state index contributed by atoms with van der Waals surface area (Å²) in [6, 6.07) is 1.99. The second-order valence-electron chi connectivity index (χ2n) is 4.64. The molecule has 0 fully saturated rings. The lowest BCUT2D eigenvalue weighted by Gasteiger charge is -2.09. The predicted octanol–water partition coefficient (Wildman–Crippen LogP) is 2.58. The van der Waals surface area contributed by atoms with Crippen LogP contribution < -0.4 is 5.73 Å². The van der Waals surface area contributed by atoms with Crippen molar-refractivity contribution < 1.29 is 5.21 Å². The summed E-state index contributed by atoms with van der Waals surface area (Å²) < 4.78 is 0.917. The number of hydrogen-bond donors (Lipinski definition) is 2. The largest absolute Gasteiger partial charge is 0.409 e. The first-order chi connectivity index (χ1) is 9.67. The van der Waals surface area contributed by atoms with Crippen molar-refractivity contribution in [3.8, 4) is 0 Å². The first-order valence-corrected chi connectivity index (χ1v) is 7.97. The van der Waals surface area contributed by atoms with Crippen molar-refractivity contribution in [2.75, 3.05) is 0 Å². The average Bonchev–Trinajstić information content (AvgIpc) is 3.05. The van der Waals surface area contributed by atoms with Gasteiger partial charge in [0.25, 0.3) is 0 Å². The van der Waals surface area contributed by atoms with Crippen molar-refractivity contribution in [1.29, 1.82) is 0 Å². The predicted molar refractivity (Wildman–Crippen MR) is 79.7 cm³/mol. The fraction of sp³-hybridized carbons (Fsp3) is 0.308. The van der Waals surface area contributed by atoms with Crippen LogP contribution in [0, 0.1) is 6.92 Å². The SMILES string of the molecule is Cc1csc(Sc2nc3c(cc2C(N)=NO)CCC3)n1. The summed E-state index contributed by atoms with van der Waals surface area (Å²) >= 11 is 3.04.